The van der Waals surface area contributed by atoms with Gasteiger partial charge < -0.3 is 16.4 Å². The highest BCUT2D eigenvalue weighted by Gasteiger charge is 2.21. The molecule has 0 spiro atoms. The molecule has 4 aromatic rings. The van der Waals surface area contributed by atoms with Crippen molar-refractivity contribution in [3.8, 4) is 17.1 Å². The van der Waals surface area contributed by atoms with Crippen LogP contribution >= 0.6 is 0 Å². The van der Waals surface area contributed by atoms with Crippen LogP contribution in [-0.4, -0.2) is 37.5 Å². The molecule has 0 radical (unpaired) electrons. The minimum absolute atomic E-state index is 0.281. The smallest absolute Gasteiger partial charge is 0.248 e. The Kier molecular flexibility index (Phi) is 6.81. The fraction of sp³-hybridized carbons (Fsp3) is 0.419. The van der Waals surface area contributed by atoms with Crippen molar-refractivity contribution in [3.63, 3.8) is 0 Å². The summed E-state index contributed by atoms with van der Waals surface area (Å²) in [5, 5.41) is 20.9. The fourth-order valence-electron chi connectivity index (χ4n) is 5.69. The van der Waals surface area contributed by atoms with Gasteiger partial charge in [0.25, 0.3) is 0 Å². The van der Waals surface area contributed by atoms with Gasteiger partial charge in [0.2, 0.25) is 11.9 Å². The molecule has 202 valence electrons. The normalized spacial score (nSPS) is 16.9. The van der Waals surface area contributed by atoms with Gasteiger partial charge in [0.1, 0.15) is 0 Å². The minimum Gasteiger partial charge on any atom is -0.368 e. The van der Waals surface area contributed by atoms with Gasteiger partial charge in [-0.25, -0.2) is 0 Å². The Morgan fingerprint density at radius 3 is 2.54 bits per heavy atom. The van der Waals surface area contributed by atoms with Crippen molar-refractivity contribution >= 4 is 17.6 Å². The van der Waals surface area contributed by atoms with Crippen LogP contribution in [0.3, 0.4) is 0 Å². The predicted octanol–water partition coefficient (Wildman–Crippen LogP) is 5.42. The van der Waals surface area contributed by atoms with E-state index in [1.54, 1.807) is 4.68 Å². The van der Waals surface area contributed by atoms with E-state index in [9.17, 15) is 0 Å². The zero-order chi connectivity index (χ0) is 27.0. The van der Waals surface area contributed by atoms with E-state index < -0.39 is 0 Å². The van der Waals surface area contributed by atoms with Crippen LogP contribution in [0, 0.1) is 5.41 Å². The van der Waals surface area contributed by atoms with Crippen molar-refractivity contribution in [2.45, 2.75) is 71.8 Å². The second-order valence-electron chi connectivity index (χ2n) is 12.1. The van der Waals surface area contributed by atoms with E-state index in [0.29, 0.717) is 23.2 Å². The third-order valence-corrected chi connectivity index (χ3v) is 7.78. The Morgan fingerprint density at radius 2 is 1.69 bits per heavy atom. The average Bonchev–Trinajstić information content (AvgIpc) is 3.06. The first-order valence-electron chi connectivity index (χ1n) is 14.1. The number of hydrogen-bond donors (Lipinski definition) is 3. The Balaban J connectivity index is 1.18. The van der Waals surface area contributed by atoms with Crippen LogP contribution in [0.5, 0.6) is 0 Å². The largest absolute Gasteiger partial charge is 0.368 e. The molecule has 2 aromatic carbocycles. The minimum atomic E-state index is 0.281. The first-order chi connectivity index (χ1) is 18.8. The third kappa shape index (κ3) is 5.66. The standard InChI is InChI=1S/C31H38N8/c1-31(2,3)19-33-24-14-11-20-12-16-25(17-22(20)13-15-24)34-30-35-29(32)39(38-30)27-18-23-9-6-8-21-7-4-5-10-26(21)28(23)37-36-27/h4-5,7,10,12,16-18,24,33H,6,8-9,11,13-15,19H2,1-3H3,(H3,32,34,35,38)/t24-/m1/s1. The molecule has 4 N–H and O–H groups in total. The molecule has 2 aliphatic carbocycles. The topological polar surface area (TPSA) is 107 Å². The number of hydrogen-bond acceptors (Lipinski definition) is 7. The molecule has 0 aliphatic heterocycles. The van der Waals surface area contributed by atoms with Crippen molar-refractivity contribution < 1.29 is 0 Å². The molecule has 0 bridgehead atoms. The first-order valence-corrected chi connectivity index (χ1v) is 14.1. The maximum atomic E-state index is 6.29. The molecule has 0 fully saturated rings. The SMILES string of the molecule is CC(C)(C)CN[C@@H]1CCc2ccc(Nc3nc(N)n(-c4cc5c(nn4)-c4ccccc4CCC5)n3)cc2CC1. The quantitative estimate of drug-likeness (QED) is 0.300. The molecular weight excluding hydrogens is 484 g/mol. The summed E-state index contributed by atoms with van der Waals surface area (Å²) in [6, 6.07) is 17.6. The van der Waals surface area contributed by atoms with Gasteiger partial charge in [-0.3, -0.25) is 0 Å². The number of aromatic nitrogens is 5. The van der Waals surface area contributed by atoms with Crippen molar-refractivity contribution in [2.75, 3.05) is 17.6 Å². The number of anilines is 3. The van der Waals surface area contributed by atoms with Crippen LogP contribution in [0.15, 0.2) is 48.5 Å². The first kappa shape index (κ1) is 25.5. The summed E-state index contributed by atoms with van der Waals surface area (Å²) in [5.74, 6) is 1.32. The summed E-state index contributed by atoms with van der Waals surface area (Å²) in [5.41, 5.74) is 15.0. The maximum absolute atomic E-state index is 6.29. The zero-order valence-electron chi connectivity index (χ0n) is 23.2. The highest BCUT2D eigenvalue weighted by Crippen LogP contribution is 2.31. The molecule has 8 nitrogen and oxygen atoms in total. The molecule has 0 saturated heterocycles. The number of nitrogens with zero attached hydrogens (tertiary/aromatic N) is 5. The second kappa shape index (κ2) is 10.4. The lowest BCUT2D eigenvalue weighted by Gasteiger charge is -2.24. The lowest BCUT2D eigenvalue weighted by molar-refractivity contribution is 0.337. The summed E-state index contributed by atoms with van der Waals surface area (Å²) in [6.07, 6.45) is 7.52. The van der Waals surface area contributed by atoms with Gasteiger partial charge in [-0.15, -0.1) is 15.3 Å². The molecule has 2 heterocycles. The number of aryl methyl sites for hydroxylation is 4. The monoisotopic (exact) mass is 522 g/mol. The lowest BCUT2D eigenvalue weighted by atomic mass is 9.96. The molecule has 2 aromatic heterocycles. The number of benzene rings is 2. The lowest BCUT2D eigenvalue weighted by Crippen LogP contribution is -2.36. The van der Waals surface area contributed by atoms with Gasteiger partial charge in [0.05, 0.1) is 5.69 Å². The molecule has 39 heavy (non-hydrogen) atoms. The summed E-state index contributed by atoms with van der Waals surface area (Å²) >= 11 is 0. The van der Waals surface area contributed by atoms with Crippen LogP contribution in [0.1, 0.15) is 62.3 Å². The fourth-order valence-corrected chi connectivity index (χ4v) is 5.69. The summed E-state index contributed by atoms with van der Waals surface area (Å²) < 4.78 is 1.57. The van der Waals surface area contributed by atoms with E-state index in [2.05, 4.69) is 94.1 Å². The van der Waals surface area contributed by atoms with Crippen LogP contribution in [0.4, 0.5) is 17.6 Å². The van der Waals surface area contributed by atoms with Crippen molar-refractivity contribution in [3.05, 3.63) is 70.8 Å². The number of nitrogens with one attached hydrogen (secondary N) is 2. The second-order valence-corrected chi connectivity index (χ2v) is 12.1. The molecule has 0 amide bonds. The number of nitrogen functional groups attached to an aromatic ring is 1. The van der Waals surface area contributed by atoms with E-state index in [0.717, 1.165) is 67.6 Å². The van der Waals surface area contributed by atoms with Crippen LogP contribution in [-0.2, 0) is 25.7 Å². The summed E-state index contributed by atoms with van der Waals surface area (Å²) in [4.78, 5) is 4.48. The van der Waals surface area contributed by atoms with Crippen molar-refractivity contribution in [2.24, 2.45) is 5.41 Å². The van der Waals surface area contributed by atoms with E-state index in [4.69, 9.17) is 5.73 Å². The number of fused-ring (bicyclic) bond motifs is 4. The van der Waals surface area contributed by atoms with Gasteiger partial charge >= 0.3 is 0 Å². The van der Waals surface area contributed by atoms with Gasteiger partial charge in [0.15, 0.2) is 5.82 Å². The third-order valence-electron chi connectivity index (χ3n) is 7.78. The molecule has 0 saturated carbocycles. The van der Waals surface area contributed by atoms with E-state index in [1.807, 2.05) is 6.07 Å². The number of rotatable bonds is 5. The Labute approximate surface area is 230 Å². The summed E-state index contributed by atoms with van der Waals surface area (Å²) in [7, 11) is 0. The Hall–Kier alpha value is -3.78. The highest BCUT2D eigenvalue weighted by atomic mass is 15.4. The molecule has 6 rings (SSSR count). The van der Waals surface area contributed by atoms with Crippen LogP contribution in [0.2, 0.25) is 0 Å². The van der Waals surface area contributed by atoms with Gasteiger partial charge in [-0.05, 0) is 90.8 Å². The molecule has 1 atom stereocenters. The van der Waals surface area contributed by atoms with Crippen LogP contribution < -0.4 is 16.4 Å². The Morgan fingerprint density at radius 1 is 0.897 bits per heavy atom. The van der Waals surface area contributed by atoms with Crippen molar-refractivity contribution in [1.82, 2.24) is 30.3 Å². The highest BCUT2D eigenvalue weighted by molar-refractivity contribution is 5.68. The maximum Gasteiger partial charge on any atom is 0.248 e. The molecule has 2 aliphatic rings. The van der Waals surface area contributed by atoms with Gasteiger partial charge in [-0.1, -0.05) is 51.1 Å². The zero-order valence-corrected chi connectivity index (χ0v) is 23.2. The Bertz CT molecular complexity index is 1480. The van der Waals surface area contributed by atoms with E-state index in [-0.39, 0.29) is 5.95 Å². The van der Waals surface area contributed by atoms with Gasteiger partial charge in [-0.2, -0.15) is 9.67 Å². The average molecular weight is 523 g/mol. The van der Waals surface area contributed by atoms with Crippen LogP contribution in [0.25, 0.3) is 17.1 Å². The predicted molar refractivity (Wildman–Crippen MR) is 156 cm³/mol. The van der Waals surface area contributed by atoms with Crippen molar-refractivity contribution in [1.29, 1.82) is 0 Å². The van der Waals surface area contributed by atoms with E-state index >= 15 is 0 Å². The molecule has 0 unspecified atom stereocenters. The van der Waals surface area contributed by atoms with Gasteiger partial charge in [0, 0.05) is 23.8 Å². The summed E-state index contributed by atoms with van der Waals surface area (Å²) in [6.45, 7) is 7.89. The molecular formula is C31H38N8. The molecule has 8 heteroatoms. The van der Waals surface area contributed by atoms with E-state index in [1.165, 1.54) is 23.1 Å². The number of nitrogens with two attached hydrogens (primary N) is 1.